The molecule has 0 saturated carbocycles. The minimum atomic E-state index is -0.805. The summed E-state index contributed by atoms with van der Waals surface area (Å²) in [4.78, 5) is 26.7. The van der Waals surface area contributed by atoms with Gasteiger partial charge in [0.25, 0.3) is 0 Å². The molecule has 0 aliphatic carbocycles. The zero-order valence-corrected chi connectivity index (χ0v) is 17.9. The van der Waals surface area contributed by atoms with Crippen LogP contribution < -0.4 is 4.74 Å². The summed E-state index contributed by atoms with van der Waals surface area (Å²) < 4.78 is 34.4. The van der Waals surface area contributed by atoms with Crippen LogP contribution in [0.25, 0.3) is 0 Å². The molecule has 166 valence electrons. The molecule has 31 heavy (non-hydrogen) atoms. The van der Waals surface area contributed by atoms with E-state index < -0.39 is 23.5 Å². The third-order valence-corrected chi connectivity index (χ3v) is 5.86. The van der Waals surface area contributed by atoms with Crippen LogP contribution in [-0.4, -0.2) is 48.5 Å². The Hall–Kier alpha value is -2.51. The van der Waals surface area contributed by atoms with Gasteiger partial charge in [0.05, 0.1) is 13.7 Å². The highest BCUT2D eigenvalue weighted by Crippen LogP contribution is 2.39. The zero-order valence-electron chi connectivity index (χ0n) is 17.1. The topological polar surface area (TPSA) is 66.8 Å². The van der Waals surface area contributed by atoms with Crippen molar-refractivity contribution in [3.63, 3.8) is 0 Å². The fourth-order valence-electron chi connectivity index (χ4n) is 4.10. The number of β-amino-alcohol motifs (C(OH)–C–C–N with tert-alkyl or cyclic N) is 1. The number of aliphatic hydroxyl groups excluding tert-OH is 1. The van der Waals surface area contributed by atoms with E-state index >= 15 is 0 Å². The number of likely N-dealkylation sites (tertiary alicyclic amines) is 1. The van der Waals surface area contributed by atoms with Crippen molar-refractivity contribution in [1.29, 1.82) is 0 Å². The fraction of sp³-hybridized carbons (Fsp3) is 0.391. The van der Waals surface area contributed by atoms with Crippen LogP contribution in [-0.2, 0) is 16.0 Å². The summed E-state index contributed by atoms with van der Waals surface area (Å²) in [6.45, 7) is 0.0233. The summed E-state index contributed by atoms with van der Waals surface area (Å²) in [5.41, 5.74) is 0.578. The highest BCUT2D eigenvalue weighted by atomic mass is 35.5. The van der Waals surface area contributed by atoms with Crippen molar-refractivity contribution in [1.82, 2.24) is 4.90 Å². The standard InChI is InChI=1S/C23H24ClF2NO4/c1-31-18-10-20(25)23(21(26)11-18)19-12-22(30)27(6-7-28)13-15(19)9-17(29)8-14-2-4-16(24)5-3-14/h2-5,10-11,15,19,28H,6-9,12-13H2,1H3/t15-,19?/m1/s1. The Morgan fingerprint density at radius 1 is 1.23 bits per heavy atom. The van der Waals surface area contributed by atoms with E-state index in [1.165, 1.54) is 12.0 Å². The molecule has 5 nitrogen and oxygen atoms in total. The van der Waals surface area contributed by atoms with Gasteiger partial charge in [0.15, 0.2) is 0 Å². The Morgan fingerprint density at radius 2 is 1.87 bits per heavy atom. The van der Waals surface area contributed by atoms with Gasteiger partial charge < -0.3 is 14.7 Å². The van der Waals surface area contributed by atoms with Crippen LogP contribution in [0.1, 0.15) is 29.9 Å². The number of ketones is 1. The van der Waals surface area contributed by atoms with Crippen molar-refractivity contribution < 1.29 is 28.2 Å². The number of aliphatic hydroxyl groups is 1. The number of amides is 1. The molecule has 1 amide bonds. The Balaban J connectivity index is 1.86. The van der Waals surface area contributed by atoms with E-state index in [0.717, 1.165) is 17.7 Å². The second-order valence-electron chi connectivity index (χ2n) is 7.68. The lowest BCUT2D eigenvalue weighted by atomic mass is 9.76. The molecule has 2 aromatic rings. The van der Waals surface area contributed by atoms with Gasteiger partial charge in [-0.05, 0) is 23.6 Å². The molecule has 1 fully saturated rings. The molecule has 0 spiro atoms. The number of methoxy groups -OCH3 is 1. The van der Waals surface area contributed by atoms with Crippen molar-refractivity contribution in [2.45, 2.75) is 25.2 Å². The van der Waals surface area contributed by atoms with Gasteiger partial charge >= 0.3 is 0 Å². The first-order chi connectivity index (χ1) is 14.8. The normalized spacial score (nSPS) is 18.9. The number of benzene rings is 2. The van der Waals surface area contributed by atoms with Gasteiger partial charge in [0.2, 0.25) is 5.91 Å². The van der Waals surface area contributed by atoms with Gasteiger partial charge in [-0.1, -0.05) is 23.7 Å². The molecule has 1 aliphatic heterocycles. The quantitative estimate of drug-likeness (QED) is 0.663. The van der Waals surface area contributed by atoms with Gasteiger partial charge in [-0.2, -0.15) is 0 Å². The number of halogens is 3. The first-order valence-corrected chi connectivity index (χ1v) is 10.4. The van der Waals surface area contributed by atoms with Gasteiger partial charge in [0.1, 0.15) is 23.2 Å². The molecule has 1 heterocycles. The number of piperidine rings is 1. The number of rotatable bonds is 8. The Morgan fingerprint density at radius 3 is 2.45 bits per heavy atom. The van der Waals surface area contributed by atoms with E-state index in [0.29, 0.717) is 5.02 Å². The summed E-state index contributed by atoms with van der Waals surface area (Å²) in [7, 11) is 1.31. The molecule has 1 unspecified atom stereocenters. The Kier molecular flexibility index (Phi) is 7.62. The SMILES string of the molecule is COc1cc(F)c(C2CC(=O)N(CCO)C[C@H]2CC(=O)Cc2ccc(Cl)cc2)c(F)c1. The van der Waals surface area contributed by atoms with Crippen LogP contribution >= 0.6 is 11.6 Å². The van der Waals surface area contributed by atoms with Crippen molar-refractivity contribution >= 4 is 23.3 Å². The maximum absolute atomic E-state index is 14.8. The second-order valence-corrected chi connectivity index (χ2v) is 8.12. The number of nitrogens with zero attached hydrogens (tertiary/aromatic N) is 1. The fourth-order valence-corrected chi connectivity index (χ4v) is 4.23. The lowest BCUT2D eigenvalue weighted by Gasteiger charge is -2.38. The van der Waals surface area contributed by atoms with Crippen LogP contribution in [0.15, 0.2) is 36.4 Å². The van der Waals surface area contributed by atoms with Crippen molar-refractivity contribution in [3.8, 4) is 5.75 Å². The molecule has 2 aromatic carbocycles. The summed E-state index contributed by atoms with van der Waals surface area (Å²) in [5, 5.41) is 9.81. The maximum Gasteiger partial charge on any atom is 0.223 e. The van der Waals surface area contributed by atoms with Crippen molar-refractivity contribution in [2.75, 3.05) is 26.8 Å². The van der Waals surface area contributed by atoms with E-state index in [-0.39, 0.29) is 62.0 Å². The highest BCUT2D eigenvalue weighted by Gasteiger charge is 2.38. The molecule has 1 saturated heterocycles. The maximum atomic E-state index is 14.8. The molecular weight excluding hydrogens is 428 g/mol. The zero-order chi connectivity index (χ0) is 22.5. The monoisotopic (exact) mass is 451 g/mol. The van der Waals surface area contributed by atoms with Crippen molar-refractivity contribution in [2.24, 2.45) is 5.92 Å². The average molecular weight is 452 g/mol. The molecule has 3 rings (SSSR count). The largest absolute Gasteiger partial charge is 0.497 e. The summed E-state index contributed by atoms with van der Waals surface area (Å²) in [5.74, 6) is -3.26. The molecule has 0 aromatic heterocycles. The van der Waals surface area contributed by atoms with Gasteiger partial charge in [0, 0.05) is 61.0 Å². The van der Waals surface area contributed by atoms with Crippen LogP contribution in [0.4, 0.5) is 8.78 Å². The number of carbonyl (C=O) groups excluding carboxylic acids is 2. The van der Waals surface area contributed by atoms with E-state index in [2.05, 4.69) is 0 Å². The second kappa shape index (κ2) is 10.2. The molecular formula is C23H24ClF2NO4. The van der Waals surface area contributed by atoms with Crippen molar-refractivity contribution in [3.05, 3.63) is 64.2 Å². The summed E-state index contributed by atoms with van der Waals surface area (Å²) in [6, 6.07) is 9.05. The van der Waals surface area contributed by atoms with Crippen LogP contribution in [0.5, 0.6) is 5.75 Å². The number of hydrogen-bond donors (Lipinski definition) is 1. The summed E-state index contributed by atoms with van der Waals surface area (Å²) in [6.07, 6.45) is 0.0639. The van der Waals surface area contributed by atoms with Gasteiger partial charge in [-0.3, -0.25) is 9.59 Å². The van der Waals surface area contributed by atoms with Crippen LogP contribution in [0.2, 0.25) is 5.02 Å². The van der Waals surface area contributed by atoms with E-state index in [1.807, 2.05) is 0 Å². The Labute approximate surface area is 184 Å². The molecule has 8 heteroatoms. The van der Waals surface area contributed by atoms with Crippen LogP contribution in [0, 0.1) is 17.6 Å². The molecule has 1 N–H and O–H groups in total. The number of carbonyl (C=O) groups is 2. The Bertz CT molecular complexity index is 928. The number of ether oxygens (including phenoxy) is 1. The average Bonchev–Trinajstić information content (AvgIpc) is 2.72. The lowest BCUT2D eigenvalue weighted by molar-refractivity contribution is -0.137. The minimum Gasteiger partial charge on any atom is -0.497 e. The predicted octanol–water partition coefficient (Wildman–Crippen LogP) is 3.75. The number of Topliss-reactive ketones (excluding diaryl/α,β-unsaturated/α-hetero) is 1. The minimum absolute atomic E-state index is 0.0400. The third-order valence-electron chi connectivity index (χ3n) is 5.60. The first kappa shape index (κ1) is 23.2. The van der Waals surface area contributed by atoms with Gasteiger partial charge in [-0.25, -0.2) is 8.78 Å². The summed E-state index contributed by atoms with van der Waals surface area (Å²) >= 11 is 5.88. The molecule has 0 radical (unpaired) electrons. The number of hydrogen-bond acceptors (Lipinski definition) is 4. The van der Waals surface area contributed by atoms with E-state index in [4.69, 9.17) is 16.3 Å². The lowest BCUT2D eigenvalue weighted by Crippen LogP contribution is -2.45. The van der Waals surface area contributed by atoms with Crippen LogP contribution in [0.3, 0.4) is 0 Å². The first-order valence-electron chi connectivity index (χ1n) is 10.00. The highest BCUT2D eigenvalue weighted by molar-refractivity contribution is 6.30. The molecule has 0 bridgehead atoms. The third kappa shape index (κ3) is 5.60. The molecule has 1 aliphatic rings. The van der Waals surface area contributed by atoms with E-state index in [1.54, 1.807) is 24.3 Å². The van der Waals surface area contributed by atoms with Gasteiger partial charge in [-0.15, -0.1) is 0 Å². The molecule has 2 atom stereocenters. The van der Waals surface area contributed by atoms with E-state index in [9.17, 15) is 23.5 Å². The predicted molar refractivity (Wildman–Crippen MR) is 112 cm³/mol. The smallest absolute Gasteiger partial charge is 0.223 e.